The number of H-pyrrole nitrogens is 1. The third-order valence-electron chi connectivity index (χ3n) is 3.31. The lowest BCUT2D eigenvalue weighted by Crippen LogP contribution is -2.30. The second-order valence-electron chi connectivity index (χ2n) is 4.92. The van der Waals surface area contributed by atoms with Crippen molar-refractivity contribution in [3.63, 3.8) is 0 Å². The van der Waals surface area contributed by atoms with Crippen LogP contribution in [0.15, 0.2) is 27.9 Å². The van der Waals surface area contributed by atoms with Crippen LogP contribution in [-0.4, -0.2) is 30.3 Å². The van der Waals surface area contributed by atoms with Crippen molar-refractivity contribution in [1.29, 1.82) is 0 Å². The second-order valence-corrected chi connectivity index (χ2v) is 6.60. The molecule has 2 rings (SSSR count). The topological polar surface area (TPSA) is 106 Å². The number of sulfonamides is 1. The average Bonchev–Trinajstić information content (AvgIpc) is 2.78. The molecule has 1 aromatic carbocycles. The number of nitrogens with zero attached hydrogens (tertiary/aromatic N) is 2. The summed E-state index contributed by atoms with van der Waals surface area (Å²) in [7, 11) is -0.712. The summed E-state index contributed by atoms with van der Waals surface area (Å²) in [4.78, 5) is 11.5. The van der Waals surface area contributed by atoms with Crippen molar-refractivity contribution in [3.05, 3.63) is 40.1 Å². The summed E-state index contributed by atoms with van der Waals surface area (Å²) in [6, 6.07) is 4.04. The van der Waals surface area contributed by atoms with Crippen molar-refractivity contribution in [2.24, 2.45) is 7.05 Å². The van der Waals surface area contributed by atoms with Crippen LogP contribution in [0.3, 0.4) is 0 Å². The Morgan fingerprint density at radius 1 is 1.41 bits per heavy atom. The highest BCUT2D eigenvalue weighted by molar-refractivity contribution is 7.89. The summed E-state index contributed by atoms with van der Waals surface area (Å²) in [6.45, 7) is 3.30. The number of aryl methyl sites for hydroxylation is 1. The molecule has 22 heavy (non-hydrogen) atoms. The monoisotopic (exact) mass is 326 g/mol. The Kier molecular flexibility index (Phi) is 4.38. The molecule has 0 saturated carbocycles. The molecular weight excluding hydrogens is 308 g/mol. The van der Waals surface area contributed by atoms with Gasteiger partial charge in [0.05, 0.1) is 18.0 Å². The molecule has 1 unspecified atom stereocenters. The molecule has 0 aliphatic carbocycles. The predicted molar refractivity (Wildman–Crippen MR) is 80.3 cm³/mol. The van der Waals surface area contributed by atoms with Crippen LogP contribution < -0.4 is 15.1 Å². The van der Waals surface area contributed by atoms with Crippen LogP contribution in [0.4, 0.5) is 0 Å². The van der Waals surface area contributed by atoms with Gasteiger partial charge in [0.15, 0.2) is 5.82 Å². The number of ether oxygens (including phenoxy) is 1. The molecule has 0 bridgehead atoms. The maximum Gasteiger partial charge on any atom is 0.343 e. The number of benzene rings is 1. The first-order chi connectivity index (χ1) is 10.3. The Labute approximate surface area is 128 Å². The second kappa shape index (κ2) is 5.93. The van der Waals surface area contributed by atoms with E-state index in [2.05, 4.69) is 14.9 Å². The van der Waals surface area contributed by atoms with Gasteiger partial charge in [-0.15, -0.1) is 0 Å². The molecule has 2 N–H and O–H groups in total. The van der Waals surface area contributed by atoms with Crippen molar-refractivity contribution in [3.8, 4) is 5.75 Å². The van der Waals surface area contributed by atoms with Gasteiger partial charge in [0, 0.05) is 7.05 Å². The van der Waals surface area contributed by atoms with E-state index in [1.807, 2.05) is 0 Å². The van der Waals surface area contributed by atoms with Gasteiger partial charge in [-0.3, -0.25) is 4.57 Å². The van der Waals surface area contributed by atoms with Crippen molar-refractivity contribution < 1.29 is 13.2 Å². The molecular formula is C13H18N4O4S. The quantitative estimate of drug-likeness (QED) is 0.830. The minimum absolute atomic E-state index is 0.153. The summed E-state index contributed by atoms with van der Waals surface area (Å²) in [6.07, 6.45) is 0. The number of hydrogen-bond acceptors (Lipinski definition) is 5. The smallest absolute Gasteiger partial charge is 0.343 e. The third-order valence-corrected chi connectivity index (χ3v) is 5.01. The fourth-order valence-corrected chi connectivity index (χ4v) is 3.57. The largest absolute Gasteiger partial charge is 0.497 e. The minimum Gasteiger partial charge on any atom is -0.497 e. The van der Waals surface area contributed by atoms with E-state index in [9.17, 15) is 13.2 Å². The number of rotatable bonds is 5. The zero-order valence-electron chi connectivity index (χ0n) is 12.7. The molecule has 0 aliphatic rings. The molecule has 120 valence electrons. The van der Waals surface area contributed by atoms with Crippen LogP contribution in [0.1, 0.15) is 24.4 Å². The molecule has 1 heterocycles. The van der Waals surface area contributed by atoms with E-state index < -0.39 is 21.8 Å². The number of methoxy groups -OCH3 is 1. The zero-order chi connectivity index (χ0) is 16.5. The van der Waals surface area contributed by atoms with Crippen LogP contribution in [0.2, 0.25) is 0 Å². The van der Waals surface area contributed by atoms with E-state index >= 15 is 0 Å². The Bertz CT molecular complexity index is 838. The summed E-state index contributed by atoms with van der Waals surface area (Å²) in [5, 5.41) is 6.10. The molecule has 0 saturated heterocycles. The molecule has 0 fully saturated rings. The van der Waals surface area contributed by atoms with E-state index in [1.165, 1.54) is 24.8 Å². The fraction of sp³-hybridized carbons (Fsp3) is 0.385. The molecule has 9 heteroatoms. The van der Waals surface area contributed by atoms with Gasteiger partial charge in [-0.05, 0) is 37.6 Å². The first-order valence-electron chi connectivity index (χ1n) is 6.54. The van der Waals surface area contributed by atoms with Crippen molar-refractivity contribution >= 4 is 10.0 Å². The van der Waals surface area contributed by atoms with Gasteiger partial charge in [0.2, 0.25) is 10.0 Å². The fourth-order valence-electron chi connectivity index (χ4n) is 2.15. The van der Waals surface area contributed by atoms with Gasteiger partial charge >= 0.3 is 5.69 Å². The average molecular weight is 326 g/mol. The number of nitrogens with one attached hydrogen (secondary N) is 2. The third kappa shape index (κ3) is 3.04. The Morgan fingerprint density at radius 3 is 2.59 bits per heavy atom. The first kappa shape index (κ1) is 16.2. The standard InChI is InChI=1S/C13H18N4O4S/c1-8-7-10(21-4)5-6-11(8)22(19,20)16-9(2)12-14-15-13(18)17(12)3/h5-7,9,16H,1-4H3,(H,15,18). The molecule has 1 atom stereocenters. The van der Waals surface area contributed by atoms with E-state index in [0.29, 0.717) is 17.1 Å². The SMILES string of the molecule is COc1ccc(S(=O)(=O)NC(C)c2n[nH]c(=O)n2C)c(C)c1. The van der Waals surface area contributed by atoms with Crippen LogP contribution in [0, 0.1) is 6.92 Å². The first-order valence-corrected chi connectivity index (χ1v) is 8.03. The molecule has 0 spiro atoms. The zero-order valence-corrected chi connectivity index (χ0v) is 13.6. The highest BCUT2D eigenvalue weighted by atomic mass is 32.2. The van der Waals surface area contributed by atoms with Gasteiger partial charge in [-0.2, -0.15) is 5.10 Å². The molecule has 0 aliphatic heterocycles. The van der Waals surface area contributed by atoms with E-state index in [0.717, 1.165) is 0 Å². The Balaban J connectivity index is 2.31. The molecule has 2 aromatic rings. The summed E-state index contributed by atoms with van der Waals surface area (Å²) in [5.41, 5.74) is 0.164. The molecule has 0 radical (unpaired) electrons. The number of aromatic nitrogens is 3. The minimum atomic E-state index is -3.75. The lowest BCUT2D eigenvalue weighted by molar-refractivity contribution is 0.414. The van der Waals surface area contributed by atoms with Gasteiger partial charge in [-0.1, -0.05) is 0 Å². The van der Waals surface area contributed by atoms with E-state index in [1.54, 1.807) is 26.0 Å². The van der Waals surface area contributed by atoms with Gasteiger partial charge < -0.3 is 4.74 Å². The number of aromatic amines is 1. The van der Waals surface area contributed by atoms with Crippen LogP contribution in [0.25, 0.3) is 0 Å². The van der Waals surface area contributed by atoms with E-state index in [-0.39, 0.29) is 4.90 Å². The Morgan fingerprint density at radius 2 is 2.09 bits per heavy atom. The number of hydrogen-bond donors (Lipinski definition) is 2. The highest BCUT2D eigenvalue weighted by Crippen LogP contribution is 2.22. The Hall–Kier alpha value is -2.13. The summed E-state index contributed by atoms with van der Waals surface area (Å²) >= 11 is 0. The maximum absolute atomic E-state index is 12.5. The van der Waals surface area contributed by atoms with Crippen molar-refractivity contribution in [1.82, 2.24) is 19.5 Å². The lowest BCUT2D eigenvalue weighted by Gasteiger charge is -2.15. The van der Waals surface area contributed by atoms with Crippen molar-refractivity contribution in [2.45, 2.75) is 24.8 Å². The normalized spacial score (nSPS) is 13.1. The van der Waals surface area contributed by atoms with E-state index in [4.69, 9.17) is 4.74 Å². The lowest BCUT2D eigenvalue weighted by atomic mass is 10.2. The summed E-state index contributed by atoms with van der Waals surface area (Å²) in [5.74, 6) is 0.888. The van der Waals surface area contributed by atoms with Gasteiger partial charge in [0.25, 0.3) is 0 Å². The van der Waals surface area contributed by atoms with Gasteiger partial charge in [0.1, 0.15) is 5.75 Å². The van der Waals surface area contributed by atoms with Crippen molar-refractivity contribution in [2.75, 3.05) is 7.11 Å². The molecule has 0 amide bonds. The molecule has 8 nitrogen and oxygen atoms in total. The maximum atomic E-state index is 12.5. The van der Waals surface area contributed by atoms with Crippen LogP contribution in [0.5, 0.6) is 5.75 Å². The predicted octanol–water partition coefficient (Wildman–Crippen LogP) is 0.465. The molecule has 1 aromatic heterocycles. The van der Waals surface area contributed by atoms with Crippen LogP contribution in [-0.2, 0) is 17.1 Å². The highest BCUT2D eigenvalue weighted by Gasteiger charge is 2.23. The summed E-state index contributed by atoms with van der Waals surface area (Å²) < 4.78 is 33.8. The van der Waals surface area contributed by atoms with Crippen LogP contribution >= 0.6 is 0 Å². The van der Waals surface area contributed by atoms with Gasteiger partial charge in [-0.25, -0.2) is 23.0 Å².